The molecule has 1 aromatic carbocycles. The third kappa shape index (κ3) is 8.22. The molecule has 1 fully saturated rings. The number of rotatable bonds is 12. The van der Waals surface area contributed by atoms with Gasteiger partial charge in [-0.05, 0) is 57.6 Å². The van der Waals surface area contributed by atoms with Crippen molar-refractivity contribution in [2.45, 2.75) is 40.2 Å². The molecule has 31 heavy (non-hydrogen) atoms. The van der Waals surface area contributed by atoms with Gasteiger partial charge in [-0.25, -0.2) is 0 Å². The van der Waals surface area contributed by atoms with Crippen LogP contribution in [0.15, 0.2) is 23.2 Å². The lowest BCUT2D eigenvalue weighted by Crippen LogP contribution is -2.52. The van der Waals surface area contributed by atoms with Crippen LogP contribution in [0.1, 0.15) is 39.2 Å². The van der Waals surface area contributed by atoms with E-state index in [1.807, 2.05) is 12.1 Å². The molecule has 0 amide bonds. The van der Waals surface area contributed by atoms with E-state index >= 15 is 0 Å². The van der Waals surface area contributed by atoms with Crippen molar-refractivity contribution >= 4 is 5.96 Å². The van der Waals surface area contributed by atoms with Crippen LogP contribution in [0.4, 0.5) is 0 Å². The van der Waals surface area contributed by atoms with Crippen molar-refractivity contribution in [3.05, 3.63) is 23.8 Å². The number of unbranched alkanes of at least 4 members (excludes halogenated alkanes) is 1. The second-order valence-electron chi connectivity index (χ2n) is 7.91. The lowest BCUT2D eigenvalue weighted by atomic mass is 10.1. The highest BCUT2D eigenvalue weighted by Gasteiger charge is 2.20. The summed E-state index contributed by atoms with van der Waals surface area (Å²) in [5.74, 6) is 2.85. The summed E-state index contributed by atoms with van der Waals surface area (Å²) in [6.45, 7) is 16.7. The van der Waals surface area contributed by atoms with E-state index in [2.05, 4.69) is 46.9 Å². The maximum Gasteiger partial charge on any atom is 0.194 e. The number of ether oxygens (including phenoxy) is 2. The van der Waals surface area contributed by atoms with Gasteiger partial charge in [0.1, 0.15) is 11.5 Å². The second-order valence-corrected chi connectivity index (χ2v) is 7.91. The SMILES string of the molecule is CCNC(=NCCCCN(CC)CC)N1CCN(Cc2cc(OC)ccc2OC)CC1. The Bertz CT molecular complexity index is 655. The normalized spacial score (nSPS) is 15.4. The van der Waals surface area contributed by atoms with Crippen LogP contribution in [0, 0.1) is 0 Å². The molecule has 1 saturated heterocycles. The predicted molar refractivity (Wildman–Crippen MR) is 129 cm³/mol. The van der Waals surface area contributed by atoms with Gasteiger partial charge < -0.3 is 24.6 Å². The molecule has 0 atom stereocenters. The van der Waals surface area contributed by atoms with Gasteiger partial charge >= 0.3 is 0 Å². The zero-order valence-corrected chi connectivity index (χ0v) is 20.3. The third-order valence-corrected chi connectivity index (χ3v) is 5.93. The van der Waals surface area contributed by atoms with Crippen molar-refractivity contribution in [3.8, 4) is 11.5 Å². The first-order valence-corrected chi connectivity index (χ1v) is 11.8. The van der Waals surface area contributed by atoms with Crippen LogP contribution in [-0.4, -0.2) is 93.8 Å². The van der Waals surface area contributed by atoms with Crippen LogP contribution in [-0.2, 0) is 6.54 Å². The van der Waals surface area contributed by atoms with E-state index < -0.39 is 0 Å². The molecule has 1 N–H and O–H groups in total. The molecule has 2 rings (SSSR count). The van der Waals surface area contributed by atoms with Crippen LogP contribution >= 0.6 is 0 Å². The molecule has 1 aliphatic rings. The minimum Gasteiger partial charge on any atom is -0.497 e. The lowest BCUT2D eigenvalue weighted by Gasteiger charge is -2.36. The topological polar surface area (TPSA) is 52.6 Å². The molecule has 0 spiro atoms. The summed E-state index contributed by atoms with van der Waals surface area (Å²) in [5, 5.41) is 3.48. The highest BCUT2D eigenvalue weighted by molar-refractivity contribution is 5.80. The molecule has 176 valence electrons. The fourth-order valence-electron chi connectivity index (χ4n) is 3.96. The fraction of sp³-hybridized carbons (Fsp3) is 0.708. The Kier molecular flexibility index (Phi) is 11.5. The predicted octanol–water partition coefficient (Wildman–Crippen LogP) is 2.91. The number of benzene rings is 1. The number of aliphatic imine (C=N–C) groups is 1. The standard InChI is InChI=1S/C24H43N5O2/c1-6-25-24(26-13-9-10-14-27(7-2)8-3)29-17-15-28(16-18-29)20-21-19-22(30-4)11-12-23(21)31-5/h11-12,19H,6-10,13-18,20H2,1-5H3,(H,25,26). The molecule has 0 bridgehead atoms. The number of nitrogens with one attached hydrogen (secondary N) is 1. The van der Waals surface area contributed by atoms with Crippen LogP contribution in [0.3, 0.4) is 0 Å². The number of hydrogen-bond donors (Lipinski definition) is 1. The molecule has 0 radical (unpaired) electrons. The highest BCUT2D eigenvalue weighted by atomic mass is 16.5. The first kappa shape index (κ1) is 25.3. The summed E-state index contributed by atoms with van der Waals surface area (Å²) in [7, 11) is 3.43. The van der Waals surface area contributed by atoms with Gasteiger partial charge in [0.05, 0.1) is 14.2 Å². The molecule has 1 aromatic rings. The van der Waals surface area contributed by atoms with E-state index in [0.717, 1.165) is 82.8 Å². The molecule has 0 aliphatic carbocycles. The molecule has 0 unspecified atom stereocenters. The molecule has 1 heterocycles. The summed E-state index contributed by atoms with van der Waals surface area (Å²) < 4.78 is 10.9. The lowest BCUT2D eigenvalue weighted by molar-refractivity contribution is 0.171. The van der Waals surface area contributed by atoms with E-state index in [4.69, 9.17) is 14.5 Å². The molecule has 7 nitrogen and oxygen atoms in total. The Labute approximate surface area is 189 Å². The Hall–Kier alpha value is -1.99. The fourth-order valence-corrected chi connectivity index (χ4v) is 3.96. The van der Waals surface area contributed by atoms with Crippen LogP contribution in [0.2, 0.25) is 0 Å². The summed E-state index contributed by atoms with van der Waals surface area (Å²) in [6.07, 6.45) is 2.35. The maximum atomic E-state index is 5.55. The summed E-state index contributed by atoms with van der Waals surface area (Å²) in [5.41, 5.74) is 1.17. The highest BCUT2D eigenvalue weighted by Crippen LogP contribution is 2.25. The largest absolute Gasteiger partial charge is 0.497 e. The van der Waals surface area contributed by atoms with E-state index in [1.54, 1.807) is 14.2 Å². The minimum absolute atomic E-state index is 0.868. The molecular formula is C24H43N5O2. The Morgan fingerprint density at radius 1 is 1.03 bits per heavy atom. The molecular weight excluding hydrogens is 390 g/mol. The number of methoxy groups -OCH3 is 2. The van der Waals surface area contributed by atoms with Gasteiger partial charge in [-0.1, -0.05) is 13.8 Å². The number of piperazine rings is 1. The second kappa shape index (κ2) is 14.1. The van der Waals surface area contributed by atoms with Crippen LogP contribution in [0.5, 0.6) is 11.5 Å². The number of nitrogens with zero attached hydrogens (tertiary/aromatic N) is 4. The van der Waals surface area contributed by atoms with Gasteiger partial charge in [0.25, 0.3) is 0 Å². The Balaban J connectivity index is 1.84. The van der Waals surface area contributed by atoms with E-state index in [0.29, 0.717) is 0 Å². The molecule has 7 heteroatoms. The van der Waals surface area contributed by atoms with E-state index in [1.165, 1.54) is 18.5 Å². The van der Waals surface area contributed by atoms with Gasteiger partial charge in [-0.2, -0.15) is 0 Å². The van der Waals surface area contributed by atoms with Crippen molar-refractivity contribution in [2.24, 2.45) is 4.99 Å². The van der Waals surface area contributed by atoms with E-state index in [9.17, 15) is 0 Å². The van der Waals surface area contributed by atoms with Crippen molar-refractivity contribution in [1.29, 1.82) is 0 Å². The summed E-state index contributed by atoms with van der Waals surface area (Å²) in [6, 6.07) is 6.01. The summed E-state index contributed by atoms with van der Waals surface area (Å²) >= 11 is 0. The average Bonchev–Trinajstić information content (AvgIpc) is 2.81. The quantitative estimate of drug-likeness (QED) is 0.311. The Morgan fingerprint density at radius 2 is 1.77 bits per heavy atom. The van der Waals surface area contributed by atoms with Gasteiger partial charge in [0.15, 0.2) is 5.96 Å². The van der Waals surface area contributed by atoms with Gasteiger partial charge in [-0.3, -0.25) is 9.89 Å². The van der Waals surface area contributed by atoms with Crippen molar-refractivity contribution in [3.63, 3.8) is 0 Å². The Morgan fingerprint density at radius 3 is 2.39 bits per heavy atom. The maximum absolute atomic E-state index is 5.55. The first-order chi connectivity index (χ1) is 15.1. The average molecular weight is 434 g/mol. The zero-order chi connectivity index (χ0) is 22.5. The smallest absolute Gasteiger partial charge is 0.194 e. The zero-order valence-electron chi connectivity index (χ0n) is 20.3. The molecule has 0 saturated carbocycles. The minimum atomic E-state index is 0.868. The monoisotopic (exact) mass is 433 g/mol. The van der Waals surface area contributed by atoms with Gasteiger partial charge in [0, 0.05) is 51.4 Å². The van der Waals surface area contributed by atoms with Gasteiger partial charge in [-0.15, -0.1) is 0 Å². The third-order valence-electron chi connectivity index (χ3n) is 5.93. The number of hydrogen-bond acceptors (Lipinski definition) is 5. The molecule has 1 aliphatic heterocycles. The van der Waals surface area contributed by atoms with Crippen LogP contribution < -0.4 is 14.8 Å². The van der Waals surface area contributed by atoms with Crippen molar-refractivity contribution in [1.82, 2.24) is 20.0 Å². The molecule has 0 aromatic heterocycles. The van der Waals surface area contributed by atoms with E-state index in [-0.39, 0.29) is 0 Å². The van der Waals surface area contributed by atoms with Gasteiger partial charge in [0.2, 0.25) is 0 Å². The van der Waals surface area contributed by atoms with Crippen molar-refractivity contribution in [2.75, 3.05) is 73.1 Å². The number of guanidine groups is 1. The van der Waals surface area contributed by atoms with Crippen LogP contribution in [0.25, 0.3) is 0 Å². The summed E-state index contributed by atoms with van der Waals surface area (Å²) in [4.78, 5) is 12.2. The first-order valence-electron chi connectivity index (χ1n) is 11.8. The van der Waals surface area contributed by atoms with Crippen molar-refractivity contribution < 1.29 is 9.47 Å².